The fraction of sp³-hybridized carbons (Fsp3) is 0.517. The highest BCUT2D eigenvalue weighted by Crippen LogP contribution is 2.52. The molecule has 3 heterocycles. The molecule has 2 saturated heterocycles. The van der Waals surface area contributed by atoms with E-state index < -0.39 is 82.2 Å². The largest absolute Gasteiger partial charge is 0.404 e. The number of allylic oxidation sites excluding steroid dienone is 1. The third-order valence-corrected chi connectivity index (χ3v) is 10.2. The van der Waals surface area contributed by atoms with Gasteiger partial charge in [-0.2, -0.15) is 0 Å². The highest BCUT2D eigenvalue weighted by molar-refractivity contribution is 8.00. The number of aliphatic hydroxyl groups excluding tert-OH is 2. The van der Waals surface area contributed by atoms with E-state index in [1.54, 1.807) is 19.1 Å². The minimum atomic E-state index is -2.90. The molecule has 8 nitrogen and oxygen atoms in total. The van der Waals surface area contributed by atoms with Crippen molar-refractivity contribution in [2.24, 2.45) is 5.73 Å². The van der Waals surface area contributed by atoms with Crippen molar-refractivity contribution in [1.29, 1.82) is 0 Å². The van der Waals surface area contributed by atoms with E-state index in [9.17, 15) is 32.9 Å². The van der Waals surface area contributed by atoms with Crippen molar-refractivity contribution < 1.29 is 47.3 Å². The van der Waals surface area contributed by atoms with E-state index in [2.05, 4.69) is 9.98 Å². The molecule has 4 unspecified atom stereocenters. The normalized spacial score (nSPS) is 31.2. The van der Waals surface area contributed by atoms with Crippen LogP contribution in [0.4, 0.5) is 17.6 Å². The molecule has 234 valence electrons. The molecule has 1 aromatic carbocycles. The zero-order valence-electron chi connectivity index (χ0n) is 23.1. The summed E-state index contributed by atoms with van der Waals surface area (Å²) in [6.45, 7) is 1.70. The van der Waals surface area contributed by atoms with Crippen LogP contribution in [-0.4, -0.2) is 80.5 Å². The van der Waals surface area contributed by atoms with Crippen LogP contribution in [0, 0.1) is 18.6 Å². The molecule has 1 saturated carbocycles. The van der Waals surface area contributed by atoms with Crippen LogP contribution in [0.5, 0.6) is 0 Å². The molecule has 0 bridgehead atoms. The number of rotatable bonds is 7. The van der Waals surface area contributed by atoms with Crippen LogP contribution in [-0.2, 0) is 9.47 Å². The van der Waals surface area contributed by atoms with E-state index in [4.69, 9.17) is 26.8 Å². The quantitative estimate of drug-likeness (QED) is 0.176. The Labute approximate surface area is 255 Å². The van der Waals surface area contributed by atoms with Crippen molar-refractivity contribution in [2.45, 2.75) is 85.3 Å². The van der Waals surface area contributed by atoms with Crippen LogP contribution < -0.4 is 10.7 Å². The number of aromatic nitrogens is 1. The number of alkyl halides is 2. The lowest BCUT2D eigenvalue weighted by Gasteiger charge is -2.44. The molecular weight excluding hydrogens is 614 g/mol. The lowest BCUT2D eigenvalue weighted by Crippen LogP contribution is -2.87. The van der Waals surface area contributed by atoms with Crippen molar-refractivity contribution in [3.8, 4) is 0 Å². The van der Waals surface area contributed by atoms with Gasteiger partial charge in [0.05, 0.1) is 33.7 Å². The second-order valence-corrected chi connectivity index (χ2v) is 12.8. The number of hydrogen-bond donors (Lipinski definition) is 5. The summed E-state index contributed by atoms with van der Waals surface area (Å²) >= 11 is 6.71. The van der Waals surface area contributed by atoms with Crippen molar-refractivity contribution >= 4 is 35.2 Å². The number of hydrogen-bond acceptors (Lipinski definition) is 8. The maximum Gasteiger partial charge on any atom is 0.248 e. The average Bonchev–Trinajstić information content (AvgIpc) is 3.34. The smallest absolute Gasteiger partial charge is 0.248 e. The number of benzene rings is 1. The number of thioether (sulfide) groups is 1. The number of ether oxygens (including phenoxy) is 2. The minimum Gasteiger partial charge on any atom is -0.404 e. The third-order valence-electron chi connectivity index (χ3n) is 8.32. The zero-order valence-corrected chi connectivity index (χ0v) is 24.7. The molecule has 43 heavy (non-hydrogen) atoms. The monoisotopic (exact) mass is 646 g/mol. The molecule has 1 aromatic heterocycles. The first-order chi connectivity index (χ1) is 20.3. The molecule has 3 aliphatic rings. The standard InChI is InChI=1S/C29H32ClF4N3O5S/c1-14-3-2-10-36-21(14)26(28(40)6-8-29(33,34)9-7-28)43-27-23(39)22(25-24(42-27)18(38)13-41-25)37-12-15(11-35)16-4-5-17(30)20(32)19(16)31/h2-5,10-12,18,22-27,38-40H,6-9,13,35H2,1H3/p+1/b15-11+,37-12?/t18?,22?,23?,24?,25-,26-,27+/m1/s1. The first kappa shape index (κ1) is 32.1. The highest BCUT2D eigenvalue weighted by atomic mass is 35.5. The Morgan fingerprint density at radius 1 is 1.16 bits per heavy atom. The number of aryl methyl sites for hydroxylation is 1. The van der Waals surface area contributed by atoms with E-state index >= 15 is 0 Å². The maximum absolute atomic E-state index is 14.7. The molecule has 0 amide bonds. The molecule has 5 rings (SSSR count). The summed E-state index contributed by atoms with van der Waals surface area (Å²) in [6, 6.07) is 5.00. The van der Waals surface area contributed by atoms with Gasteiger partial charge in [0.1, 0.15) is 17.6 Å². The van der Waals surface area contributed by atoms with Gasteiger partial charge in [-0.3, -0.25) is 4.98 Å². The predicted octanol–water partition coefficient (Wildman–Crippen LogP) is 2.40. The maximum atomic E-state index is 14.7. The van der Waals surface area contributed by atoms with Crippen molar-refractivity contribution in [2.75, 3.05) is 6.61 Å². The number of nitrogens with two attached hydrogens (primary N) is 1. The second-order valence-electron chi connectivity index (χ2n) is 11.2. The number of nitrogens with one attached hydrogen (secondary N) is 1. The summed E-state index contributed by atoms with van der Waals surface area (Å²) in [4.78, 5) is 7.43. The van der Waals surface area contributed by atoms with E-state index in [1.165, 1.54) is 24.5 Å². The van der Waals surface area contributed by atoms with Gasteiger partial charge in [-0.25, -0.2) is 22.6 Å². The number of fused-ring (bicyclic) bond motifs is 1. The Bertz CT molecular complexity index is 1390. The van der Waals surface area contributed by atoms with Crippen LogP contribution in [0.2, 0.25) is 5.02 Å². The van der Waals surface area contributed by atoms with Crippen molar-refractivity contribution in [3.63, 3.8) is 0 Å². The molecule has 3 fully saturated rings. The molecule has 2 aliphatic heterocycles. The summed E-state index contributed by atoms with van der Waals surface area (Å²) in [5.74, 6) is -5.36. The SMILES string of the molecule is Cc1cccnc1[C@@H](S[C@@H]1OC2C(O)CO[C@@H]2C([NH+]=C/C(=C\N)c2ccc(Cl)c(F)c2F)C1O)C1(O)CCC(F)(F)CC1. The van der Waals surface area contributed by atoms with E-state index in [-0.39, 0.29) is 30.6 Å². The molecule has 14 heteroatoms. The molecule has 6 N–H and O–H groups in total. The van der Waals surface area contributed by atoms with Crippen molar-refractivity contribution in [1.82, 2.24) is 4.98 Å². The van der Waals surface area contributed by atoms with Crippen LogP contribution in [0.1, 0.15) is 47.8 Å². The first-order valence-electron chi connectivity index (χ1n) is 13.8. The number of pyridine rings is 1. The molecule has 1 aliphatic carbocycles. The van der Waals surface area contributed by atoms with Crippen LogP contribution in [0.15, 0.2) is 36.7 Å². The van der Waals surface area contributed by atoms with E-state index in [0.29, 0.717) is 5.69 Å². The van der Waals surface area contributed by atoms with Gasteiger partial charge in [0.15, 0.2) is 30.1 Å². The summed E-state index contributed by atoms with van der Waals surface area (Å²) < 4.78 is 68.9. The molecule has 0 radical (unpaired) electrons. The Morgan fingerprint density at radius 3 is 2.56 bits per heavy atom. The summed E-state index contributed by atoms with van der Waals surface area (Å²) in [6.07, 6.45) is -1.69. The summed E-state index contributed by atoms with van der Waals surface area (Å²) in [5.41, 5.74) is 4.09. The van der Waals surface area contributed by atoms with Gasteiger partial charge in [0.2, 0.25) is 12.0 Å². The summed E-state index contributed by atoms with van der Waals surface area (Å²) in [7, 11) is 0. The highest BCUT2D eigenvalue weighted by Gasteiger charge is 2.57. The molecular formula is C29H33ClF4N3O5S+. The second kappa shape index (κ2) is 12.6. The Balaban J connectivity index is 1.47. The number of aliphatic hydroxyl groups is 3. The third kappa shape index (κ3) is 6.44. The Hall–Kier alpha value is -2.26. The molecule has 7 atom stereocenters. The fourth-order valence-electron chi connectivity index (χ4n) is 5.81. The van der Waals surface area contributed by atoms with E-state index in [1.807, 2.05) is 0 Å². The van der Waals surface area contributed by atoms with Gasteiger partial charge in [-0.1, -0.05) is 17.7 Å². The fourth-order valence-corrected chi connectivity index (χ4v) is 7.61. The topological polar surface area (TPSA) is 132 Å². The first-order valence-corrected chi connectivity index (χ1v) is 15.1. The lowest BCUT2D eigenvalue weighted by molar-refractivity contribution is -0.535. The Kier molecular flexibility index (Phi) is 9.44. The van der Waals surface area contributed by atoms with E-state index in [0.717, 1.165) is 23.5 Å². The zero-order chi connectivity index (χ0) is 31.1. The Morgan fingerprint density at radius 2 is 1.88 bits per heavy atom. The number of nitrogens with zero attached hydrogens (tertiary/aromatic N) is 1. The minimum absolute atomic E-state index is 0.0467. The van der Waals surface area contributed by atoms with Gasteiger partial charge in [-0.15, -0.1) is 11.8 Å². The van der Waals surface area contributed by atoms with Crippen LogP contribution in [0.25, 0.3) is 5.57 Å². The van der Waals surface area contributed by atoms with Gasteiger partial charge >= 0.3 is 0 Å². The van der Waals surface area contributed by atoms with Crippen molar-refractivity contribution in [3.05, 3.63) is 70.1 Å². The van der Waals surface area contributed by atoms with Crippen LogP contribution >= 0.6 is 23.4 Å². The molecule has 0 spiro atoms. The lowest BCUT2D eigenvalue weighted by atomic mass is 9.79. The van der Waals surface area contributed by atoms with Gasteiger partial charge in [0, 0.05) is 30.8 Å². The van der Waals surface area contributed by atoms with Gasteiger partial charge < -0.3 is 30.5 Å². The van der Waals surface area contributed by atoms with Gasteiger partial charge in [-0.05, 0) is 43.5 Å². The molecule has 2 aromatic rings. The van der Waals surface area contributed by atoms with Crippen LogP contribution in [0.3, 0.4) is 0 Å². The average molecular weight is 647 g/mol. The number of halogens is 5. The predicted molar refractivity (Wildman–Crippen MR) is 152 cm³/mol. The van der Waals surface area contributed by atoms with Gasteiger partial charge in [0.25, 0.3) is 0 Å². The summed E-state index contributed by atoms with van der Waals surface area (Å²) in [5, 5.41) is 32.7.